The van der Waals surface area contributed by atoms with E-state index in [9.17, 15) is 4.79 Å². The van der Waals surface area contributed by atoms with E-state index in [1.807, 2.05) is 22.6 Å². The maximum atomic E-state index is 12.6. The molecule has 2 heterocycles. The molecule has 1 aromatic heterocycles. The number of piperidine rings is 1. The maximum Gasteiger partial charge on any atom is 0.270 e. The van der Waals surface area contributed by atoms with E-state index < -0.39 is 0 Å². The highest BCUT2D eigenvalue weighted by atomic mass is 16.2. The van der Waals surface area contributed by atoms with Crippen molar-refractivity contribution in [1.29, 1.82) is 0 Å². The van der Waals surface area contributed by atoms with Crippen molar-refractivity contribution in [2.24, 2.45) is 5.41 Å². The minimum absolute atomic E-state index is 0.129. The molecule has 4 heteroatoms. The van der Waals surface area contributed by atoms with Crippen LogP contribution in [0, 0.1) is 5.41 Å². The van der Waals surface area contributed by atoms with Gasteiger partial charge in [0.25, 0.3) is 5.91 Å². The highest BCUT2D eigenvalue weighted by Crippen LogP contribution is 2.38. The lowest BCUT2D eigenvalue weighted by atomic mass is 9.74. The van der Waals surface area contributed by atoms with E-state index in [2.05, 4.69) is 13.8 Å². The van der Waals surface area contributed by atoms with Gasteiger partial charge in [-0.25, -0.2) is 0 Å². The largest absolute Gasteiger partial charge is 0.397 e. The number of nitrogens with zero attached hydrogens (tertiary/aromatic N) is 2. The normalized spacial score (nSPS) is 18.2. The Kier molecular flexibility index (Phi) is 4.41. The summed E-state index contributed by atoms with van der Waals surface area (Å²) in [5, 5.41) is 0. The van der Waals surface area contributed by atoms with Crippen molar-refractivity contribution < 1.29 is 4.79 Å². The second-order valence-corrected chi connectivity index (χ2v) is 5.94. The highest BCUT2D eigenvalue weighted by Gasteiger charge is 2.33. The number of aryl methyl sites for hydroxylation is 1. The summed E-state index contributed by atoms with van der Waals surface area (Å²) in [5.41, 5.74) is 7.66. The molecule has 0 atom stereocenters. The fourth-order valence-electron chi connectivity index (χ4n) is 3.28. The monoisotopic (exact) mass is 277 g/mol. The third kappa shape index (κ3) is 2.69. The quantitative estimate of drug-likeness (QED) is 0.919. The number of amides is 1. The number of nitrogen functional groups attached to an aromatic ring is 1. The summed E-state index contributed by atoms with van der Waals surface area (Å²) in [6, 6.07) is 1.80. The second kappa shape index (κ2) is 5.90. The van der Waals surface area contributed by atoms with Crippen LogP contribution in [0.3, 0.4) is 0 Å². The molecule has 2 N–H and O–H groups in total. The van der Waals surface area contributed by atoms with E-state index in [0.717, 1.165) is 38.2 Å². The van der Waals surface area contributed by atoms with Crippen LogP contribution in [0.2, 0.25) is 0 Å². The first-order chi connectivity index (χ1) is 9.55. The number of hydrogen-bond donors (Lipinski definition) is 1. The molecule has 1 aliphatic rings. The number of carbonyl (C=O) groups excluding carboxylic acids is 1. The van der Waals surface area contributed by atoms with Gasteiger partial charge in [0.1, 0.15) is 5.69 Å². The van der Waals surface area contributed by atoms with Gasteiger partial charge < -0.3 is 15.2 Å². The van der Waals surface area contributed by atoms with E-state index >= 15 is 0 Å². The minimum Gasteiger partial charge on any atom is -0.397 e. The number of anilines is 1. The molecule has 20 heavy (non-hydrogen) atoms. The molecule has 1 aliphatic heterocycles. The van der Waals surface area contributed by atoms with Crippen molar-refractivity contribution in [3.05, 3.63) is 18.0 Å². The summed E-state index contributed by atoms with van der Waals surface area (Å²) in [6.07, 6.45) is 6.51. The van der Waals surface area contributed by atoms with E-state index in [1.165, 1.54) is 12.8 Å². The summed E-state index contributed by atoms with van der Waals surface area (Å²) in [4.78, 5) is 14.6. The molecule has 0 radical (unpaired) electrons. The summed E-state index contributed by atoms with van der Waals surface area (Å²) < 4.78 is 1.94. The van der Waals surface area contributed by atoms with Gasteiger partial charge in [0.05, 0.1) is 5.69 Å². The highest BCUT2D eigenvalue weighted by molar-refractivity contribution is 5.93. The van der Waals surface area contributed by atoms with Crippen LogP contribution in [0.15, 0.2) is 12.3 Å². The first-order valence-corrected chi connectivity index (χ1v) is 7.80. The molecule has 1 aromatic rings. The predicted molar refractivity (Wildman–Crippen MR) is 82.7 cm³/mol. The molecule has 4 nitrogen and oxygen atoms in total. The Labute approximate surface area is 121 Å². The molecule has 112 valence electrons. The molecule has 0 aliphatic carbocycles. The van der Waals surface area contributed by atoms with Crippen molar-refractivity contribution in [2.45, 2.75) is 53.0 Å². The SMILES string of the molecule is CCn1cc(N)cc1C(=O)N1CCC(CC)(CC)CC1. The molecule has 1 amide bonds. The average Bonchev–Trinajstić information content (AvgIpc) is 2.87. The van der Waals surface area contributed by atoms with Gasteiger partial charge in [-0.1, -0.05) is 26.7 Å². The van der Waals surface area contributed by atoms with E-state index in [0.29, 0.717) is 11.1 Å². The summed E-state index contributed by atoms with van der Waals surface area (Å²) >= 11 is 0. The van der Waals surface area contributed by atoms with E-state index in [-0.39, 0.29) is 5.91 Å². The van der Waals surface area contributed by atoms with Crippen LogP contribution in [0.1, 0.15) is 56.9 Å². The van der Waals surface area contributed by atoms with Gasteiger partial charge in [-0.3, -0.25) is 4.79 Å². The standard InChI is InChI=1S/C16H27N3O/c1-4-16(5-2)7-9-19(10-8-16)15(20)14-11-13(17)12-18(14)6-3/h11-12H,4-10,17H2,1-3H3. The summed E-state index contributed by atoms with van der Waals surface area (Å²) in [7, 11) is 0. The molecule has 2 rings (SSSR count). The topological polar surface area (TPSA) is 51.3 Å². The van der Waals surface area contributed by atoms with Gasteiger partial charge in [-0.05, 0) is 31.2 Å². The van der Waals surface area contributed by atoms with Crippen molar-refractivity contribution in [2.75, 3.05) is 18.8 Å². The van der Waals surface area contributed by atoms with Gasteiger partial charge in [-0.15, -0.1) is 0 Å². The van der Waals surface area contributed by atoms with Crippen LogP contribution in [0.4, 0.5) is 5.69 Å². The Balaban J connectivity index is 2.08. The lowest BCUT2D eigenvalue weighted by Crippen LogP contribution is -2.43. The first kappa shape index (κ1) is 14.9. The zero-order valence-electron chi connectivity index (χ0n) is 13.0. The van der Waals surface area contributed by atoms with Gasteiger partial charge in [0, 0.05) is 25.8 Å². The van der Waals surface area contributed by atoms with Crippen LogP contribution in [-0.4, -0.2) is 28.5 Å². The predicted octanol–water partition coefficient (Wildman–Crippen LogP) is 3.13. The second-order valence-electron chi connectivity index (χ2n) is 5.94. The fraction of sp³-hybridized carbons (Fsp3) is 0.688. The smallest absolute Gasteiger partial charge is 0.270 e. The van der Waals surface area contributed by atoms with Gasteiger partial charge in [-0.2, -0.15) is 0 Å². The molecule has 1 saturated heterocycles. The molecular formula is C16H27N3O. The Morgan fingerprint density at radius 2 is 1.85 bits per heavy atom. The van der Waals surface area contributed by atoms with E-state index in [1.54, 1.807) is 6.07 Å². The number of carbonyl (C=O) groups is 1. The lowest BCUT2D eigenvalue weighted by Gasteiger charge is -2.41. The minimum atomic E-state index is 0.129. The Bertz CT molecular complexity index is 464. The van der Waals surface area contributed by atoms with Gasteiger partial charge >= 0.3 is 0 Å². The molecule has 0 bridgehead atoms. The molecule has 0 unspecified atom stereocenters. The Hall–Kier alpha value is -1.45. The number of likely N-dealkylation sites (tertiary alicyclic amines) is 1. The molecule has 1 fully saturated rings. The van der Waals surface area contributed by atoms with Crippen molar-refractivity contribution in [1.82, 2.24) is 9.47 Å². The zero-order valence-corrected chi connectivity index (χ0v) is 13.0. The van der Waals surface area contributed by atoms with Crippen LogP contribution >= 0.6 is 0 Å². The van der Waals surface area contributed by atoms with Crippen molar-refractivity contribution in [3.8, 4) is 0 Å². The maximum absolute atomic E-state index is 12.6. The molecule has 0 aromatic carbocycles. The van der Waals surface area contributed by atoms with Crippen molar-refractivity contribution in [3.63, 3.8) is 0 Å². The Morgan fingerprint density at radius 3 is 2.35 bits per heavy atom. The zero-order chi connectivity index (χ0) is 14.8. The number of aromatic nitrogens is 1. The van der Waals surface area contributed by atoms with Crippen LogP contribution < -0.4 is 5.73 Å². The molecule has 0 spiro atoms. The van der Waals surface area contributed by atoms with Crippen LogP contribution in [0.5, 0.6) is 0 Å². The Morgan fingerprint density at radius 1 is 1.25 bits per heavy atom. The number of rotatable bonds is 4. The van der Waals surface area contributed by atoms with E-state index in [4.69, 9.17) is 5.73 Å². The summed E-state index contributed by atoms with van der Waals surface area (Å²) in [5.74, 6) is 0.129. The van der Waals surface area contributed by atoms with Gasteiger partial charge in [0.2, 0.25) is 0 Å². The van der Waals surface area contributed by atoms with Gasteiger partial charge in [0.15, 0.2) is 0 Å². The van der Waals surface area contributed by atoms with Crippen LogP contribution in [0.25, 0.3) is 0 Å². The summed E-state index contributed by atoms with van der Waals surface area (Å²) in [6.45, 7) is 9.09. The fourth-order valence-corrected chi connectivity index (χ4v) is 3.28. The molecule has 0 saturated carbocycles. The first-order valence-electron chi connectivity index (χ1n) is 7.80. The van der Waals surface area contributed by atoms with Crippen molar-refractivity contribution >= 4 is 11.6 Å². The molecular weight excluding hydrogens is 250 g/mol. The third-order valence-electron chi connectivity index (χ3n) is 5.09. The number of hydrogen-bond acceptors (Lipinski definition) is 2. The number of nitrogens with two attached hydrogens (primary N) is 1. The average molecular weight is 277 g/mol. The third-order valence-corrected chi connectivity index (χ3v) is 5.09. The van der Waals surface area contributed by atoms with Crippen LogP contribution in [-0.2, 0) is 6.54 Å². The lowest BCUT2D eigenvalue weighted by molar-refractivity contribution is 0.0548.